The molecule has 1 unspecified atom stereocenters. The molecule has 0 aromatic heterocycles. The van der Waals surface area contributed by atoms with Crippen molar-refractivity contribution in [2.45, 2.75) is 36.8 Å². The second kappa shape index (κ2) is 13.5. The van der Waals surface area contributed by atoms with E-state index in [1.54, 1.807) is 41.3 Å². The van der Waals surface area contributed by atoms with Crippen molar-refractivity contribution in [1.82, 2.24) is 4.90 Å². The van der Waals surface area contributed by atoms with Gasteiger partial charge in [0.25, 0.3) is 5.91 Å². The summed E-state index contributed by atoms with van der Waals surface area (Å²) in [5.74, 6) is -0.743. The van der Waals surface area contributed by atoms with Crippen LogP contribution in [-0.4, -0.2) is 53.1 Å². The highest BCUT2D eigenvalue weighted by atomic mass is 35.5. The predicted molar refractivity (Wildman–Crippen MR) is 176 cm³/mol. The fraction of sp³-hybridized carbons (Fsp3) is 0.222. The number of nitrogens with zero attached hydrogens (tertiary/aromatic N) is 2. The van der Waals surface area contributed by atoms with E-state index in [9.17, 15) is 14.4 Å². The molecule has 10 heteroatoms. The van der Waals surface area contributed by atoms with Crippen molar-refractivity contribution in [3.63, 3.8) is 0 Å². The molecule has 6 rings (SSSR count). The van der Waals surface area contributed by atoms with Crippen LogP contribution in [0.15, 0.2) is 114 Å². The molecule has 234 valence electrons. The molecule has 0 aliphatic carbocycles. The van der Waals surface area contributed by atoms with Crippen molar-refractivity contribution in [1.29, 1.82) is 0 Å². The van der Waals surface area contributed by atoms with Gasteiger partial charge >= 0.3 is 0 Å². The van der Waals surface area contributed by atoms with E-state index in [-0.39, 0.29) is 43.7 Å². The van der Waals surface area contributed by atoms with Crippen molar-refractivity contribution >= 4 is 40.7 Å². The fourth-order valence-electron chi connectivity index (χ4n) is 6.08. The number of nitrogens with two attached hydrogens (primary N) is 1. The van der Waals surface area contributed by atoms with Crippen LogP contribution in [0.2, 0.25) is 5.02 Å². The van der Waals surface area contributed by atoms with Crippen LogP contribution in [0.4, 0.5) is 5.69 Å². The third kappa shape index (κ3) is 7.05. The molecule has 4 aromatic rings. The monoisotopic (exact) mass is 636 g/mol. The number of rotatable bonds is 10. The Labute approximate surface area is 271 Å². The first kappa shape index (κ1) is 30.9. The molecule has 1 spiro atoms. The molecule has 9 nitrogen and oxygen atoms in total. The Morgan fingerprint density at radius 2 is 1.63 bits per heavy atom. The number of hydrogen-bond donors (Lipinski definition) is 2. The topological polar surface area (TPSA) is 123 Å². The normalized spacial score (nSPS) is 18.7. The van der Waals surface area contributed by atoms with Gasteiger partial charge in [0.1, 0.15) is 11.8 Å². The molecular weight excluding hydrogens is 604 g/mol. The molecule has 2 heterocycles. The highest BCUT2D eigenvalue weighted by Crippen LogP contribution is 2.40. The summed E-state index contributed by atoms with van der Waals surface area (Å²) in [5, 5.41) is 7.78. The van der Waals surface area contributed by atoms with Crippen LogP contribution in [0.25, 0.3) is 0 Å². The van der Waals surface area contributed by atoms with Crippen LogP contribution in [0.1, 0.15) is 41.9 Å². The van der Waals surface area contributed by atoms with Crippen molar-refractivity contribution in [2.75, 3.05) is 18.5 Å². The molecule has 1 saturated heterocycles. The Morgan fingerprint density at radius 1 is 0.957 bits per heavy atom. The minimum absolute atomic E-state index is 0.172. The van der Waals surface area contributed by atoms with E-state index in [4.69, 9.17) is 26.9 Å². The molecule has 0 bridgehead atoms. The molecule has 2 aliphatic heterocycles. The first-order valence-corrected chi connectivity index (χ1v) is 15.4. The van der Waals surface area contributed by atoms with Gasteiger partial charge in [-0.25, -0.2) is 0 Å². The summed E-state index contributed by atoms with van der Waals surface area (Å²) in [6.45, 7) is 0.00794. The van der Waals surface area contributed by atoms with E-state index < -0.39 is 17.6 Å². The number of anilines is 1. The zero-order valence-electron chi connectivity index (χ0n) is 25.0. The fourth-order valence-corrected chi connectivity index (χ4v) is 6.20. The summed E-state index contributed by atoms with van der Waals surface area (Å²) in [6.07, 6.45) is 0.782. The molecule has 2 atom stereocenters. The smallest absolute Gasteiger partial charge is 0.262 e. The van der Waals surface area contributed by atoms with Crippen LogP contribution in [0.5, 0.6) is 5.75 Å². The van der Waals surface area contributed by atoms with Crippen LogP contribution >= 0.6 is 11.6 Å². The van der Waals surface area contributed by atoms with E-state index in [1.165, 1.54) is 0 Å². The second-order valence-corrected chi connectivity index (χ2v) is 12.0. The Hall–Kier alpha value is -5.15. The molecule has 0 radical (unpaired) electrons. The quantitative estimate of drug-likeness (QED) is 0.237. The lowest BCUT2D eigenvalue weighted by atomic mass is 9.88. The number of amides is 3. The van der Waals surface area contributed by atoms with Crippen molar-refractivity contribution < 1.29 is 24.0 Å². The maximum absolute atomic E-state index is 13.9. The van der Waals surface area contributed by atoms with Gasteiger partial charge in [0, 0.05) is 41.5 Å². The largest absolute Gasteiger partial charge is 0.484 e. The number of hydrogen-bond acceptors (Lipinski definition) is 6. The maximum atomic E-state index is 13.9. The van der Waals surface area contributed by atoms with Gasteiger partial charge in [-0.3, -0.25) is 14.4 Å². The number of nitrogens with one attached hydrogen (secondary N) is 1. The number of carbonyl (C=O) groups is 3. The van der Waals surface area contributed by atoms with Crippen molar-refractivity contribution in [3.8, 4) is 5.75 Å². The molecule has 1 fully saturated rings. The van der Waals surface area contributed by atoms with Crippen LogP contribution in [-0.2, 0) is 19.2 Å². The Balaban J connectivity index is 1.12. The van der Waals surface area contributed by atoms with Crippen molar-refractivity contribution in [2.24, 2.45) is 10.9 Å². The number of halogens is 1. The van der Waals surface area contributed by atoms with Gasteiger partial charge in [-0.2, -0.15) is 0 Å². The number of ether oxygens (including phenoxy) is 1. The van der Waals surface area contributed by atoms with Gasteiger partial charge in [-0.05, 0) is 47.5 Å². The van der Waals surface area contributed by atoms with Gasteiger partial charge in [0.05, 0.1) is 12.3 Å². The predicted octanol–water partition coefficient (Wildman–Crippen LogP) is 5.53. The van der Waals surface area contributed by atoms with Gasteiger partial charge in [0.15, 0.2) is 12.2 Å². The van der Waals surface area contributed by atoms with Gasteiger partial charge in [-0.1, -0.05) is 89.6 Å². The van der Waals surface area contributed by atoms with Crippen LogP contribution < -0.4 is 15.8 Å². The van der Waals surface area contributed by atoms with E-state index in [1.807, 2.05) is 72.8 Å². The molecule has 46 heavy (non-hydrogen) atoms. The van der Waals surface area contributed by atoms with E-state index in [0.717, 1.165) is 16.7 Å². The highest BCUT2D eigenvalue weighted by Gasteiger charge is 2.53. The molecule has 2 aliphatic rings. The summed E-state index contributed by atoms with van der Waals surface area (Å²) in [6, 6.07) is 32.9. The van der Waals surface area contributed by atoms with Gasteiger partial charge < -0.3 is 25.5 Å². The average molecular weight is 637 g/mol. The van der Waals surface area contributed by atoms with E-state index in [0.29, 0.717) is 28.6 Å². The zero-order chi connectivity index (χ0) is 32.1. The summed E-state index contributed by atoms with van der Waals surface area (Å²) in [7, 11) is 0. The lowest BCUT2D eigenvalue weighted by molar-refractivity contribution is -0.137. The molecule has 3 N–H and O–H groups in total. The Bertz CT molecular complexity index is 1710. The standard InChI is InChI=1S/C36H33ClN4O5/c37-27-14-16-29(17-15-27)45-22-33(42)39-28-13-7-12-26(18-28)31-20-36(46-40-31)21-32(35(38)44)41(23-36)34(43)19-30(24-8-3-1-4-9-24)25-10-5-2-6-11-25/h1-18,30,32H,19-23H2,(H2,38,44)(H,39,42)/t32-,36?/m1/s1. The molecule has 4 aromatic carbocycles. The third-order valence-electron chi connectivity index (χ3n) is 8.33. The third-order valence-corrected chi connectivity index (χ3v) is 8.59. The minimum Gasteiger partial charge on any atom is -0.484 e. The van der Waals surface area contributed by atoms with E-state index >= 15 is 0 Å². The lowest BCUT2D eigenvalue weighted by Gasteiger charge is -2.26. The highest BCUT2D eigenvalue weighted by molar-refractivity contribution is 6.30. The molecular formula is C36H33ClN4O5. The zero-order valence-corrected chi connectivity index (χ0v) is 25.7. The van der Waals surface area contributed by atoms with Crippen LogP contribution in [0, 0.1) is 0 Å². The van der Waals surface area contributed by atoms with Gasteiger partial charge in [0.2, 0.25) is 11.8 Å². The first-order valence-electron chi connectivity index (χ1n) is 15.0. The molecule has 3 amide bonds. The summed E-state index contributed by atoms with van der Waals surface area (Å²) < 4.78 is 5.54. The first-order chi connectivity index (χ1) is 22.3. The minimum atomic E-state index is -0.884. The Kier molecular flexibility index (Phi) is 9.03. The summed E-state index contributed by atoms with van der Waals surface area (Å²) >= 11 is 5.90. The number of carbonyl (C=O) groups excluding carboxylic acids is 3. The SMILES string of the molecule is NC(=O)[C@H]1CC2(CC(c3cccc(NC(=O)COc4ccc(Cl)cc4)c3)=NO2)CN1C(=O)CC(c1ccccc1)c1ccccc1. The average Bonchev–Trinajstić information content (AvgIpc) is 3.68. The summed E-state index contributed by atoms with van der Waals surface area (Å²) in [5.41, 5.74) is 8.94. The Morgan fingerprint density at radius 3 is 2.28 bits per heavy atom. The van der Waals surface area contributed by atoms with E-state index in [2.05, 4.69) is 10.5 Å². The van der Waals surface area contributed by atoms with Crippen LogP contribution in [0.3, 0.4) is 0 Å². The molecule has 0 saturated carbocycles. The number of primary amides is 1. The number of oxime groups is 1. The number of benzene rings is 4. The maximum Gasteiger partial charge on any atom is 0.262 e. The number of likely N-dealkylation sites (tertiary alicyclic amines) is 1. The lowest BCUT2D eigenvalue weighted by Crippen LogP contribution is -2.44. The second-order valence-electron chi connectivity index (χ2n) is 11.6. The van der Waals surface area contributed by atoms with Crippen molar-refractivity contribution in [3.05, 3.63) is 131 Å². The summed E-state index contributed by atoms with van der Waals surface area (Å²) in [4.78, 5) is 46.6. The van der Waals surface area contributed by atoms with Gasteiger partial charge in [-0.15, -0.1) is 0 Å².